The molecule has 5 nitrogen and oxygen atoms in total. The quantitative estimate of drug-likeness (QED) is 0.850. The second-order valence-corrected chi connectivity index (χ2v) is 4.60. The van der Waals surface area contributed by atoms with Gasteiger partial charge in [-0.15, -0.1) is 0 Å². The number of aryl methyl sites for hydroxylation is 1. The molecule has 1 aromatic rings. The number of nitrogens with two attached hydrogens (primary N) is 1. The van der Waals surface area contributed by atoms with E-state index in [4.69, 9.17) is 14.9 Å². The lowest BCUT2D eigenvalue weighted by molar-refractivity contribution is -0.139. The zero-order valence-corrected chi connectivity index (χ0v) is 10.7. The molecule has 0 saturated carbocycles. The van der Waals surface area contributed by atoms with Crippen LogP contribution in [0.15, 0.2) is 16.7 Å². The zero-order valence-electron chi connectivity index (χ0n) is 10.7. The van der Waals surface area contributed by atoms with Crippen LogP contribution in [0.1, 0.15) is 11.3 Å². The second kappa shape index (κ2) is 6.02. The van der Waals surface area contributed by atoms with Crippen LogP contribution in [0.25, 0.3) is 0 Å². The third kappa shape index (κ3) is 2.91. The summed E-state index contributed by atoms with van der Waals surface area (Å²) in [6.45, 7) is 4.87. The molecule has 1 aliphatic heterocycles. The first-order valence-corrected chi connectivity index (χ1v) is 6.32. The number of hydrogen-bond donors (Lipinski definition) is 1. The van der Waals surface area contributed by atoms with Crippen LogP contribution in [0, 0.1) is 12.8 Å². The van der Waals surface area contributed by atoms with E-state index in [0.717, 1.165) is 11.3 Å². The van der Waals surface area contributed by atoms with Crippen molar-refractivity contribution < 1.29 is 13.9 Å². The SMILES string of the molecule is Cc1ccoc1CC(CN)C(=O)N1CCOCC1. The van der Waals surface area contributed by atoms with E-state index in [1.807, 2.05) is 17.9 Å². The summed E-state index contributed by atoms with van der Waals surface area (Å²) in [5.41, 5.74) is 6.80. The summed E-state index contributed by atoms with van der Waals surface area (Å²) in [5.74, 6) is 0.761. The van der Waals surface area contributed by atoms with Gasteiger partial charge < -0.3 is 19.8 Å². The number of nitrogens with zero attached hydrogens (tertiary/aromatic N) is 1. The Labute approximate surface area is 107 Å². The number of amides is 1. The molecule has 1 unspecified atom stereocenters. The minimum absolute atomic E-state index is 0.108. The summed E-state index contributed by atoms with van der Waals surface area (Å²) in [5, 5.41) is 0. The lowest BCUT2D eigenvalue weighted by Crippen LogP contribution is -2.46. The van der Waals surface area contributed by atoms with Crippen LogP contribution in [0.3, 0.4) is 0 Å². The van der Waals surface area contributed by atoms with Gasteiger partial charge in [0.25, 0.3) is 0 Å². The Balaban J connectivity index is 1.99. The molecule has 100 valence electrons. The van der Waals surface area contributed by atoms with Crippen LogP contribution >= 0.6 is 0 Å². The number of ether oxygens (including phenoxy) is 1. The summed E-state index contributed by atoms with van der Waals surface area (Å²) >= 11 is 0. The van der Waals surface area contributed by atoms with Gasteiger partial charge in [0.05, 0.1) is 25.4 Å². The Bertz CT molecular complexity index is 397. The smallest absolute Gasteiger partial charge is 0.227 e. The topological polar surface area (TPSA) is 68.7 Å². The van der Waals surface area contributed by atoms with Gasteiger partial charge in [-0.2, -0.15) is 0 Å². The van der Waals surface area contributed by atoms with Crippen molar-refractivity contribution in [3.63, 3.8) is 0 Å². The highest BCUT2D eigenvalue weighted by atomic mass is 16.5. The van der Waals surface area contributed by atoms with Crippen molar-refractivity contribution in [1.82, 2.24) is 4.90 Å². The lowest BCUT2D eigenvalue weighted by atomic mass is 10.0. The van der Waals surface area contributed by atoms with Crippen molar-refractivity contribution in [3.05, 3.63) is 23.7 Å². The van der Waals surface area contributed by atoms with E-state index in [9.17, 15) is 4.79 Å². The molecular formula is C13H20N2O3. The van der Waals surface area contributed by atoms with Crippen LogP contribution < -0.4 is 5.73 Å². The van der Waals surface area contributed by atoms with Crippen molar-refractivity contribution in [3.8, 4) is 0 Å². The maximum absolute atomic E-state index is 12.3. The highest BCUT2D eigenvalue weighted by Crippen LogP contribution is 2.16. The molecule has 0 aliphatic carbocycles. The summed E-state index contributed by atoms with van der Waals surface area (Å²) < 4.78 is 10.6. The molecule has 0 spiro atoms. The van der Waals surface area contributed by atoms with Crippen molar-refractivity contribution in [1.29, 1.82) is 0 Å². The standard InChI is InChI=1S/C13H20N2O3/c1-10-2-5-18-12(10)8-11(9-14)13(16)15-3-6-17-7-4-15/h2,5,11H,3-4,6-9,14H2,1H3. The van der Waals surface area contributed by atoms with Crippen LogP contribution in [-0.4, -0.2) is 43.7 Å². The molecule has 2 N–H and O–H groups in total. The molecule has 2 heterocycles. The minimum Gasteiger partial charge on any atom is -0.469 e. The average Bonchev–Trinajstić information content (AvgIpc) is 2.81. The number of carbonyl (C=O) groups excluding carboxylic acids is 1. The van der Waals surface area contributed by atoms with Crippen LogP contribution in [0.4, 0.5) is 0 Å². The van der Waals surface area contributed by atoms with E-state index in [1.165, 1.54) is 0 Å². The maximum Gasteiger partial charge on any atom is 0.227 e. The predicted molar refractivity (Wildman–Crippen MR) is 67.1 cm³/mol. The first kappa shape index (κ1) is 13.1. The van der Waals surface area contributed by atoms with E-state index < -0.39 is 0 Å². The van der Waals surface area contributed by atoms with Crippen molar-refractivity contribution in [2.45, 2.75) is 13.3 Å². The number of rotatable bonds is 4. The number of carbonyl (C=O) groups is 1. The molecule has 1 amide bonds. The fourth-order valence-electron chi connectivity index (χ4n) is 2.15. The van der Waals surface area contributed by atoms with Crippen molar-refractivity contribution >= 4 is 5.91 Å². The Morgan fingerprint density at radius 1 is 1.50 bits per heavy atom. The highest BCUT2D eigenvalue weighted by Gasteiger charge is 2.26. The molecule has 1 aromatic heterocycles. The molecule has 0 radical (unpaired) electrons. The van der Waals surface area contributed by atoms with E-state index in [0.29, 0.717) is 39.3 Å². The normalized spacial score (nSPS) is 17.8. The molecule has 1 saturated heterocycles. The molecule has 0 bridgehead atoms. The van der Waals surface area contributed by atoms with E-state index in [2.05, 4.69) is 0 Å². The summed E-state index contributed by atoms with van der Waals surface area (Å²) in [6, 6.07) is 1.90. The first-order chi connectivity index (χ1) is 8.72. The van der Waals surface area contributed by atoms with Gasteiger partial charge in [-0.05, 0) is 18.6 Å². The fourth-order valence-corrected chi connectivity index (χ4v) is 2.15. The van der Waals surface area contributed by atoms with Gasteiger partial charge in [0.15, 0.2) is 0 Å². The second-order valence-electron chi connectivity index (χ2n) is 4.60. The zero-order chi connectivity index (χ0) is 13.0. The van der Waals surface area contributed by atoms with Crippen molar-refractivity contribution in [2.24, 2.45) is 11.7 Å². The first-order valence-electron chi connectivity index (χ1n) is 6.32. The van der Waals surface area contributed by atoms with Gasteiger partial charge in [0.1, 0.15) is 5.76 Å². The van der Waals surface area contributed by atoms with E-state index in [1.54, 1.807) is 6.26 Å². The molecule has 1 aliphatic rings. The summed E-state index contributed by atoms with van der Waals surface area (Å²) in [7, 11) is 0. The molecule has 18 heavy (non-hydrogen) atoms. The van der Waals surface area contributed by atoms with Gasteiger partial charge in [0.2, 0.25) is 5.91 Å². The Morgan fingerprint density at radius 3 is 2.78 bits per heavy atom. The largest absolute Gasteiger partial charge is 0.469 e. The molecular weight excluding hydrogens is 232 g/mol. The van der Waals surface area contributed by atoms with Gasteiger partial charge in [-0.25, -0.2) is 0 Å². The molecule has 5 heteroatoms. The van der Waals surface area contributed by atoms with Crippen LogP contribution in [-0.2, 0) is 16.0 Å². The molecule has 1 atom stereocenters. The lowest BCUT2D eigenvalue weighted by Gasteiger charge is -2.29. The third-order valence-corrected chi connectivity index (χ3v) is 3.36. The average molecular weight is 252 g/mol. The Morgan fingerprint density at radius 2 is 2.22 bits per heavy atom. The maximum atomic E-state index is 12.3. The van der Waals surface area contributed by atoms with E-state index >= 15 is 0 Å². The van der Waals surface area contributed by atoms with E-state index in [-0.39, 0.29) is 11.8 Å². The number of morpholine rings is 1. The van der Waals surface area contributed by atoms with Gasteiger partial charge >= 0.3 is 0 Å². The predicted octanol–water partition coefficient (Wildman–Crippen LogP) is 0.564. The minimum atomic E-state index is -0.201. The van der Waals surface area contributed by atoms with Crippen LogP contribution in [0.2, 0.25) is 0 Å². The van der Waals surface area contributed by atoms with Gasteiger partial charge in [0, 0.05) is 26.1 Å². The molecule has 1 fully saturated rings. The van der Waals surface area contributed by atoms with Crippen LogP contribution in [0.5, 0.6) is 0 Å². The summed E-state index contributed by atoms with van der Waals surface area (Å²) in [4.78, 5) is 14.1. The molecule has 2 rings (SSSR count). The number of hydrogen-bond acceptors (Lipinski definition) is 4. The van der Waals surface area contributed by atoms with Gasteiger partial charge in [-0.1, -0.05) is 0 Å². The monoisotopic (exact) mass is 252 g/mol. The highest BCUT2D eigenvalue weighted by molar-refractivity contribution is 5.79. The van der Waals surface area contributed by atoms with Gasteiger partial charge in [-0.3, -0.25) is 4.79 Å². The van der Waals surface area contributed by atoms with Crippen molar-refractivity contribution in [2.75, 3.05) is 32.8 Å². The Kier molecular flexibility index (Phi) is 4.38. The molecule has 0 aromatic carbocycles. The third-order valence-electron chi connectivity index (χ3n) is 3.36. The fraction of sp³-hybridized carbons (Fsp3) is 0.615. The summed E-state index contributed by atoms with van der Waals surface area (Å²) in [6.07, 6.45) is 2.23. The number of furan rings is 1. The Hall–Kier alpha value is -1.33.